The molecular formula is C13H23NO5S. The van der Waals surface area contributed by atoms with Crippen LogP contribution in [0.25, 0.3) is 0 Å². The first-order valence-corrected chi connectivity index (χ1v) is 8.84. The molecule has 6 nitrogen and oxygen atoms in total. The van der Waals surface area contributed by atoms with E-state index < -0.39 is 27.3 Å². The van der Waals surface area contributed by atoms with Gasteiger partial charge in [-0.3, -0.25) is 4.79 Å². The van der Waals surface area contributed by atoms with Crippen molar-refractivity contribution in [2.24, 2.45) is 5.92 Å². The third kappa shape index (κ3) is 3.32. The molecule has 1 N–H and O–H groups in total. The molecule has 0 aromatic heterocycles. The van der Waals surface area contributed by atoms with E-state index in [1.807, 2.05) is 0 Å². The summed E-state index contributed by atoms with van der Waals surface area (Å²) in [4.78, 5) is 11.4. The summed E-state index contributed by atoms with van der Waals surface area (Å²) in [5, 5.41) is 10.5. The largest absolute Gasteiger partial charge is 0.465 e. The summed E-state index contributed by atoms with van der Waals surface area (Å²) >= 11 is 0. The van der Waals surface area contributed by atoms with E-state index in [9.17, 15) is 18.3 Å². The molecule has 1 aliphatic carbocycles. The number of hydrogen-bond acceptors (Lipinski definition) is 5. The van der Waals surface area contributed by atoms with Crippen molar-refractivity contribution in [3.63, 3.8) is 0 Å². The normalized spacial score (nSPS) is 31.6. The zero-order valence-electron chi connectivity index (χ0n) is 11.9. The van der Waals surface area contributed by atoms with E-state index in [0.29, 0.717) is 13.0 Å². The van der Waals surface area contributed by atoms with E-state index in [1.54, 1.807) is 6.92 Å². The summed E-state index contributed by atoms with van der Waals surface area (Å²) in [5.41, 5.74) is -0.714. The van der Waals surface area contributed by atoms with Crippen LogP contribution in [-0.4, -0.2) is 54.8 Å². The maximum Gasteiger partial charge on any atom is 0.322 e. The van der Waals surface area contributed by atoms with E-state index in [2.05, 4.69) is 0 Å². The molecule has 116 valence electrons. The second-order valence-corrected chi connectivity index (χ2v) is 7.68. The molecule has 0 aromatic rings. The summed E-state index contributed by atoms with van der Waals surface area (Å²) in [5.74, 6) is -1.33. The summed E-state index contributed by atoms with van der Waals surface area (Å²) in [6.07, 6.45) is 4.09. The molecule has 2 aliphatic rings. The summed E-state index contributed by atoms with van der Waals surface area (Å²) in [6.45, 7) is 2.43. The predicted molar refractivity (Wildman–Crippen MR) is 73.5 cm³/mol. The van der Waals surface area contributed by atoms with Gasteiger partial charge in [0.15, 0.2) is 5.75 Å². The van der Waals surface area contributed by atoms with E-state index in [-0.39, 0.29) is 19.1 Å². The first-order valence-electron chi connectivity index (χ1n) is 7.23. The fourth-order valence-electron chi connectivity index (χ4n) is 3.24. The fraction of sp³-hybridized carbons (Fsp3) is 0.923. The Bertz CT molecular complexity index is 463. The van der Waals surface area contributed by atoms with Crippen LogP contribution in [0.15, 0.2) is 0 Å². The van der Waals surface area contributed by atoms with Crippen LogP contribution in [0.3, 0.4) is 0 Å². The molecule has 2 rings (SSSR count). The van der Waals surface area contributed by atoms with E-state index in [0.717, 1.165) is 25.7 Å². The Hall–Kier alpha value is -0.660. The molecule has 20 heavy (non-hydrogen) atoms. The van der Waals surface area contributed by atoms with Crippen molar-refractivity contribution in [3.8, 4) is 0 Å². The molecule has 1 aliphatic heterocycles. The van der Waals surface area contributed by atoms with Gasteiger partial charge >= 0.3 is 5.97 Å². The van der Waals surface area contributed by atoms with Gasteiger partial charge in [-0.15, -0.1) is 0 Å². The number of ether oxygens (including phenoxy) is 1. The van der Waals surface area contributed by atoms with Gasteiger partial charge in [-0.2, -0.15) is 0 Å². The van der Waals surface area contributed by atoms with Gasteiger partial charge in [0.1, 0.15) is 0 Å². The number of hydrogen-bond donors (Lipinski definition) is 1. The number of nitrogens with zero attached hydrogens (tertiary/aromatic N) is 1. The van der Waals surface area contributed by atoms with Gasteiger partial charge in [0.2, 0.25) is 10.0 Å². The standard InChI is InChI=1S/C13H23NO5S/c1-2-19-12(15)10-20(17,18)14-8-7-13(16)6-4-3-5-11(13)9-14/h11,16H,2-10H2,1H3. The number of sulfonamides is 1. The average Bonchev–Trinajstić information content (AvgIpc) is 2.37. The van der Waals surface area contributed by atoms with Gasteiger partial charge in [0, 0.05) is 19.0 Å². The molecular weight excluding hydrogens is 282 g/mol. The number of piperidine rings is 1. The number of esters is 1. The molecule has 0 bridgehead atoms. The lowest BCUT2D eigenvalue weighted by Gasteiger charge is -2.46. The van der Waals surface area contributed by atoms with Crippen LogP contribution in [-0.2, 0) is 19.6 Å². The Labute approximate surface area is 120 Å². The van der Waals surface area contributed by atoms with Crippen LogP contribution in [0, 0.1) is 5.92 Å². The van der Waals surface area contributed by atoms with Gasteiger partial charge in [-0.05, 0) is 26.2 Å². The lowest BCUT2D eigenvalue weighted by Crippen LogP contribution is -2.55. The first-order chi connectivity index (χ1) is 9.37. The monoisotopic (exact) mass is 305 g/mol. The lowest BCUT2D eigenvalue weighted by molar-refractivity contribution is -0.140. The third-order valence-electron chi connectivity index (χ3n) is 4.39. The molecule has 0 aromatic carbocycles. The molecule has 1 saturated heterocycles. The highest BCUT2D eigenvalue weighted by molar-refractivity contribution is 7.89. The molecule has 0 radical (unpaired) electrons. The second kappa shape index (κ2) is 5.99. The number of fused-ring (bicyclic) bond motifs is 1. The third-order valence-corrected chi connectivity index (χ3v) is 6.11. The van der Waals surface area contributed by atoms with E-state index >= 15 is 0 Å². The Morgan fingerprint density at radius 2 is 2.15 bits per heavy atom. The first kappa shape index (κ1) is 15.7. The Morgan fingerprint density at radius 1 is 1.40 bits per heavy atom. The zero-order valence-corrected chi connectivity index (χ0v) is 12.7. The topological polar surface area (TPSA) is 83.9 Å². The SMILES string of the molecule is CCOC(=O)CS(=O)(=O)N1CCC2(O)CCCCC2C1. The number of aliphatic hydroxyl groups is 1. The van der Waals surface area contributed by atoms with Crippen LogP contribution in [0.2, 0.25) is 0 Å². The van der Waals surface area contributed by atoms with E-state index in [1.165, 1.54) is 4.31 Å². The van der Waals surface area contributed by atoms with Crippen LogP contribution >= 0.6 is 0 Å². The molecule has 1 heterocycles. The van der Waals surface area contributed by atoms with Crippen molar-refractivity contribution < 1.29 is 23.1 Å². The van der Waals surface area contributed by atoms with Gasteiger partial charge in [-0.1, -0.05) is 12.8 Å². The minimum absolute atomic E-state index is 0.0121. The van der Waals surface area contributed by atoms with Crippen molar-refractivity contribution in [2.75, 3.05) is 25.4 Å². The molecule has 2 atom stereocenters. The molecule has 0 spiro atoms. The summed E-state index contributed by atoms with van der Waals surface area (Å²) in [7, 11) is -3.63. The Balaban J connectivity index is 2.02. The Morgan fingerprint density at radius 3 is 2.85 bits per heavy atom. The maximum atomic E-state index is 12.2. The maximum absolute atomic E-state index is 12.2. The number of carbonyl (C=O) groups is 1. The zero-order chi connectivity index (χ0) is 14.8. The van der Waals surface area contributed by atoms with Crippen LogP contribution in [0.1, 0.15) is 39.0 Å². The van der Waals surface area contributed by atoms with Gasteiger partial charge in [0.05, 0.1) is 12.2 Å². The summed E-state index contributed by atoms with van der Waals surface area (Å²) < 4.78 is 30.4. The van der Waals surface area contributed by atoms with Gasteiger partial charge < -0.3 is 9.84 Å². The molecule has 1 saturated carbocycles. The van der Waals surface area contributed by atoms with Crippen molar-refractivity contribution >= 4 is 16.0 Å². The number of rotatable bonds is 4. The fourth-order valence-corrected chi connectivity index (χ4v) is 4.58. The van der Waals surface area contributed by atoms with Crippen molar-refractivity contribution in [2.45, 2.75) is 44.6 Å². The predicted octanol–water partition coefficient (Wildman–Crippen LogP) is 0.506. The highest BCUT2D eigenvalue weighted by Crippen LogP contribution is 2.40. The number of carbonyl (C=O) groups excluding carboxylic acids is 1. The summed E-state index contributed by atoms with van der Waals surface area (Å²) in [6, 6.07) is 0. The van der Waals surface area contributed by atoms with Gasteiger partial charge in [0.25, 0.3) is 0 Å². The van der Waals surface area contributed by atoms with Crippen molar-refractivity contribution in [1.29, 1.82) is 0 Å². The van der Waals surface area contributed by atoms with Crippen LogP contribution < -0.4 is 0 Å². The van der Waals surface area contributed by atoms with Crippen LogP contribution in [0.4, 0.5) is 0 Å². The minimum Gasteiger partial charge on any atom is -0.465 e. The highest BCUT2D eigenvalue weighted by atomic mass is 32.2. The molecule has 2 unspecified atom stereocenters. The molecule has 7 heteroatoms. The average molecular weight is 305 g/mol. The smallest absolute Gasteiger partial charge is 0.322 e. The van der Waals surface area contributed by atoms with Crippen molar-refractivity contribution in [3.05, 3.63) is 0 Å². The van der Waals surface area contributed by atoms with Gasteiger partial charge in [-0.25, -0.2) is 12.7 Å². The highest BCUT2D eigenvalue weighted by Gasteiger charge is 2.45. The molecule has 2 fully saturated rings. The second-order valence-electron chi connectivity index (χ2n) is 5.72. The Kier molecular flexibility index (Phi) is 4.71. The lowest BCUT2D eigenvalue weighted by atomic mass is 9.72. The minimum atomic E-state index is -3.63. The van der Waals surface area contributed by atoms with Crippen LogP contribution in [0.5, 0.6) is 0 Å². The van der Waals surface area contributed by atoms with Crippen molar-refractivity contribution in [1.82, 2.24) is 4.31 Å². The van der Waals surface area contributed by atoms with E-state index in [4.69, 9.17) is 4.74 Å². The quantitative estimate of drug-likeness (QED) is 0.765. The molecule has 0 amide bonds.